The second kappa shape index (κ2) is 3.74. The summed E-state index contributed by atoms with van der Waals surface area (Å²) >= 11 is 0. The highest BCUT2D eigenvalue weighted by molar-refractivity contribution is 5.16. The molecule has 1 fully saturated rings. The van der Waals surface area contributed by atoms with Gasteiger partial charge in [-0.15, -0.1) is 0 Å². The predicted octanol–water partition coefficient (Wildman–Crippen LogP) is 3.86. The Morgan fingerprint density at radius 3 is 1.08 bits per heavy atom. The first-order chi connectivity index (χ1) is 5.61. The van der Waals surface area contributed by atoms with Crippen molar-refractivity contribution in [1.82, 2.24) is 0 Å². The molecule has 0 atom stereocenters. The van der Waals surface area contributed by atoms with Crippen molar-refractivity contribution in [3.05, 3.63) is 23.3 Å². The van der Waals surface area contributed by atoms with E-state index >= 15 is 0 Å². The first kappa shape index (κ1) is 9.29. The van der Waals surface area contributed by atoms with E-state index in [-0.39, 0.29) is 36.8 Å². The van der Waals surface area contributed by atoms with Gasteiger partial charge in [-0.05, 0) is 36.8 Å². The minimum Gasteiger partial charge on any atom is -0.173 e. The number of rotatable bonds is 0. The smallest absolute Gasteiger partial charge is 0.173 e. The van der Waals surface area contributed by atoms with Gasteiger partial charge in [0, 0.05) is 0 Å². The summed E-state index contributed by atoms with van der Waals surface area (Å²) in [5.74, 6) is 0. The molecular weight excluding hydrogens is 172 g/mol. The van der Waals surface area contributed by atoms with Crippen LogP contribution in [0.1, 0.15) is 25.7 Å². The third kappa shape index (κ3) is 2.09. The molecule has 0 amide bonds. The molecule has 0 aliphatic heterocycles. The Balaban J connectivity index is 2.63. The van der Waals surface area contributed by atoms with Gasteiger partial charge in [-0.25, -0.2) is 0 Å². The van der Waals surface area contributed by atoms with E-state index < -0.39 is 12.2 Å². The van der Waals surface area contributed by atoms with Crippen molar-refractivity contribution < 1.29 is 17.6 Å². The molecule has 0 nitrogen and oxygen atoms in total. The Morgan fingerprint density at radius 2 is 0.917 bits per heavy atom. The monoisotopic (exact) mass is 180 g/mol. The molecule has 1 rings (SSSR count). The Morgan fingerprint density at radius 1 is 0.667 bits per heavy atom. The van der Waals surface area contributed by atoms with Crippen LogP contribution in [0.25, 0.3) is 0 Å². The van der Waals surface area contributed by atoms with Crippen LogP contribution in [0.5, 0.6) is 0 Å². The predicted molar refractivity (Wildman–Crippen MR) is 37.0 cm³/mol. The van der Waals surface area contributed by atoms with Gasteiger partial charge in [-0.3, -0.25) is 0 Å². The fraction of sp³-hybridized carbons (Fsp3) is 0.500. The summed E-state index contributed by atoms with van der Waals surface area (Å²) in [6.45, 7) is 0. The van der Waals surface area contributed by atoms with E-state index in [4.69, 9.17) is 0 Å². The first-order valence-corrected chi connectivity index (χ1v) is 3.67. The van der Waals surface area contributed by atoms with Crippen molar-refractivity contribution in [2.24, 2.45) is 0 Å². The highest BCUT2D eigenvalue weighted by Crippen LogP contribution is 2.32. The molecule has 0 heterocycles. The lowest BCUT2D eigenvalue weighted by molar-refractivity contribution is 0.383. The zero-order valence-corrected chi connectivity index (χ0v) is 6.34. The molecule has 1 aliphatic carbocycles. The topological polar surface area (TPSA) is 0 Å². The lowest BCUT2D eigenvalue weighted by Crippen LogP contribution is -1.99. The first-order valence-electron chi connectivity index (χ1n) is 3.67. The minimum absolute atomic E-state index is 0.0278. The quantitative estimate of drug-likeness (QED) is 0.496. The van der Waals surface area contributed by atoms with Crippen LogP contribution in [0.4, 0.5) is 17.6 Å². The van der Waals surface area contributed by atoms with Crippen molar-refractivity contribution in [2.75, 3.05) is 0 Å². The Kier molecular flexibility index (Phi) is 2.89. The van der Waals surface area contributed by atoms with Gasteiger partial charge >= 0.3 is 0 Å². The summed E-state index contributed by atoms with van der Waals surface area (Å²) in [7, 11) is 0. The van der Waals surface area contributed by atoms with Crippen molar-refractivity contribution in [3.63, 3.8) is 0 Å². The maximum atomic E-state index is 11.9. The fourth-order valence-corrected chi connectivity index (χ4v) is 1.23. The summed E-state index contributed by atoms with van der Waals surface area (Å²) < 4.78 is 47.7. The van der Waals surface area contributed by atoms with Crippen molar-refractivity contribution in [1.29, 1.82) is 0 Å². The summed E-state index contributed by atoms with van der Waals surface area (Å²) in [6, 6.07) is 0. The average Bonchev–Trinajstić information content (AvgIpc) is 2.04. The second-order valence-corrected chi connectivity index (χ2v) is 2.73. The van der Waals surface area contributed by atoms with Crippen LogP contribution in [0, 0.1) is 0 Å². The maximum absolute atomic E-state index is 11.9. The molecule has 1 saturated carbocycles. The SMILES string of the molecule is FC(F)=C1CCC(=C(F)F)CC1. The Hall–Kier alpha value is -0.800. The van der Waals surface area contributed by atoms with Gasteiger partial charge in [0.1, 0.15) is 0 Å². The molecule has 0 aromatic carbocycles. The molecule has 0 unspecified atom stereocenters. The van der Waals surface area contributed by atoms with Crippen molar-refractivity contribution >= 4 is 0 Å². The van der Waals surface area contributed by atoms with E-state index in [9.17, 15) is 17.6 Å². The van der Waals surface area contributed by atoms with Gasteiger partial charge in [0.2, 0.25) is 0 Å². The van der Waals surface area contributed by atoms with E-state index in [0.717, 1.165) is 0 Å². The third-order valence-electron chi connectivity index (χ3n) is 1.99. The van der Waals surface area contributed by atoms with E-state index in [1.807, 2.05) is 0 Å². The van der Waals surface area contributed by atoms with E-state index in [0.29, 0.717) is 0 Å². The van der Waals surface area contributed by atoms with Gasteiger partial charge in [-0.2, -0.15) is 17.6 Å². The zero-order chi connectivity index (χ0) is 9.14. The fourth-order valence-electron chi connectivity index (χ4n) is 1.23. The molecule has 0 radical (unpaired) electrons. The Labute approximate surface area is 67.6 Å². The van der Waals surface area contributed by atoms with E-state index in [1.165, 1.54) is 0 Å². The lowest BCUT2D eigenvalue weighted by atomic mass is 9.92. The van der Waals surface area contributed by atoms with Gasteiger partial charge < -0.3 is 0 Å². The van der Waals surface area contributed by atoms with E-state index in [1.54, 1.807) is 0 Å². The third-order valence-corrected chi connectivity index (χ3v) is 1.99. The van der Waals surface area contributed by atoms with Crippen LogP contribution < -0.4 is 0 Å². The average molecular weight is 180 g/mol. The molecule has 68 valence electrons. The van der Waals surface area contributed by atoms with Gasteiger partial charge in [-0.1, -0.05) is 0 Å². The van der Waals surface area contributed by atoms with E-state index in [2.05, 4.69) is 0 Å². The van der Waals surface area contributed by atoms with Crippen molar-refractivity contribution in [3.8, 4) is 0 Å². The molecular formula is C8H8F4. The standard InChI is InChI=1S/C8H8F4/c9-7(10)5-1-2-6(4-3-5)8(11)12/h1-4H2. The zero-order valence-electron chi connectivity index (χ0n) is 6.34. The molecule has 12 heavy (non-hydrogen) atoms. The maximum Gasteiger partial charge on any atom is 0.269 e. The molecule has 0 bridgehead atoms. The van der Waals surface area contributed by atoms with Gasteiger partial charge in [0.15, 0.2) is 0 Å². The minimum atomic E-state index is -1.70. The highest BCUT2D eigenvalue weighted by atomic mass is 19.3. The molecule has 4 heteroatoms. The summed E-state index contributed by atoms with van der Waals surface area (Å²) in [5, 5.41) is 0. The lowest BCUT2D eigenvalue weighted by Gasteiger charge is -2.14. The van der Waals surface area contributed by atoms with Crippen molar-refractivity contribution in [2.45, 2.75) is 25.7 Å². The number of halogens is 4. The van der Waals surface area contributed by atoms with Gasteiger partial charge in [0.25, 0.3) is 12.2 Å². The molecule has 0 saturated heterocycles. The molecule has 1 aliphatic rings. The van der Waals surface area contributed by atoms with Crippen LogP contribution in [0.2, 0.25) is 0 Å². The molecule has 0 aromatic rings. The molecule has 0 aromatic heterocycles. The molecule has 0 spiro atoms. The van der Waals surface area contributed by atoms with Crippen LogP contribution in [0.3, 0.4) is 0 Å². The van der Waals surface area contributed by atoms with Crippen LogP contribution >= 0.6 is 0 Å². The number of allylic oxidation sites excluding steroid dienone is 2. The summed E-state index contributed by atoms with van der Waals surface area (Å²) in [6.07, 6.45) is -3.09. The Bertz CT molecular complexity index is 193. The largest absolute Gasteiger partial charge is 0.269 e. The highest BCUT2D eigenvalue weighted by Gasteiger charge is 2.17. The van der Waals surface area contributed by atoms with Crippen LogP contribution in [-0.2, 0) is 0 Å². The summed E-state index contributed by atoms with van der Waals surface area (Å²) in [4.78, 5) is 0. The van der Waals surface area contributed by atoms with Gasteiger partial charge in [0.05, 0.1) is 0 Å². The number of hydrogen-bond donors (Lipinski definition) is 0. The van der Waals surface area contributed by atoms with Crippen LogP contribution in [-0.4, -0.2) is 0 Å². The van der Waals surface area contributed by atoms with Crippen LogP contribution in [0.15, 0.2) is 23.3 Å². The number of hydrogen-bond acceptors (Lipinski definition) is 0. The summed E-state index contributed by atoms with van der Waals surface area (Å²) in [5.41, 5.74) is 0.0556. The normalized spacial score (nSPS) is 18.0. The second-order valence-electron chi connectivity index (χ2n) is 2.73. The molecule has 0 N–H and O–H groups in total.